The number of aliphatic hydroxyl groups is 1. The van der Waals surface area contributed by atoms with Crippen LogP contribution in [0.1, 0.15) is 24.8 Å². The predicted molar refractivity (Wildman–Crippen MR) is 56.7 cm³/mol. The van der Waals surface area contributed by atoms with E-state index in [9.17, 15) is 5.11 Å². The predicted octanol–water partition coefficient (Wildman–Crippen LogP) is 2.93. The normalized spacial score (nSPS) is 32.7. The SMILES string of the molecule is CC1C(O)CC1c1ccc(Br)cc1. The van der Waals surface area contributed by atoms with E-state index in [2.05, 4.69) is 47.1 Å². The Morgan fingerprint density at radius 3 is 2.38 bits per heavy atom. The van der Waals surface area contributed by atoms with Gasteiger partial charge in [0.1, 0.15) is 0 Å². The van der Waals surface area contributed by atoms with Gasteiger partial charge >= 0.3 is 0 Å². The molecule has 1 nitrogen and oxygen atoms in total. The van der Waals surface area contributed by atoms with E-state index in [1.54, 1.807) is 0 Å². The molecule has 1 N–H and O–H groups in total. The molecule has 1 aliphatic rings. The Balaban J connectivity index is 2.14. The summed E-state index contributed by atoms with van der Waals surface area (Å²) in [4.78, 5) is 0. The minimum absolute atomic E-state index is 0.0892. The summed E-state index contributed by atoms with van der Waals surface area (Å²) in [7, 11) is 0. The summed E-state index contributed by atoms with van der Waals surface area (Å²) in [6, 6.07) is 8.40. The average Bonchev–Trinajstić information content (AvgIpc) is 2.15. The van der Waals surface area contributed by atoms with Crippen molar-refractivity contribution in [2.45, 2.75) is 25.4 Å². The number of halogens is 1. The average molecular weight is 241 g/mol. The molecule has 0 heterocycles. The molecule has 0 aromatic heterocycles. The first-order valence-electron chi connectivity index (χ1n) is 4.62. The zero-order chi connectivity index (χ0) is 9.42. The lowest BCUT2D eigenvalue weighted by Gasteiger charge is -2.39. The molecule has 13 heavy (non-hydrogen) atoms. The molecule has 1 saturated carbocycles. The van der Waals surface area contributed by atoms with Gasteiger partial charge < -0.3 is 5.11 Å². The van der Waals surface area contributed by atoms with E-state index in [0.717, 1.165) is 10.9 Å². The van der Waals surface area contributed by atoms with Crippen LogP contribution in [0.15, 0.2) is 28.7 Å². The van der Waals surface area contributed by atoms with E-state index < -0.39 is 0 Å². The maximum atomic E-state index is 9.39. The van der Waals surface area contributed by atoms with E-state index in [0.29, 0.717) is 11.8 Å². The minimum Gasteiger partial charge on any atom is -0.393 e. The molecule has 0 aliphatic heterocycles. The van der Waals surface area contributed by atoms with Crippen molar-refractivity contribution in [1.82, 2.24) is 0 Å². The third-order valence-corrected chi connectivity index (χ3v) is 3.56. The number of aliphatic hydroxyl groups excluding tert-OH is 1. The summed E-state index contributed by atoms with van der Waals surface area (Å²) in [6.07, 6.45) is 0.830. The molecule has 0 spiro atoms. The van der Waals surface area contributed by atoms with Gasteiger partial charge in [-0.3, -0.25) is 0 Å². The molecule has 0 bridgehead atoms. The Hall–Kier alpha value is -0.340. The Morgan fingerprint density at radius 2 is 1.92 bits per heavy atom. The molecule has 0 radical (unpaired) electrons. The summed E-state index contributed by atoms with van der Waals surface area (Å²) in [6.45, 7) is 2.11. The van der Waals surface area contributed by atoms with Crippen molar-refractivity contribution >= 4 is 15.9 Å². The summed E-state index contributed by atoms with van der Waals surface area (Å²) in [5.74, 6) is 0.976. The van der Waals surface area contributed by atoms with Crippen LogP contribution in [0.4, 0.5) is 0 Å². The van der Waals surface area contributed by atoms with E-state index in [1.807, 2.05) is 0 Å². The Kier molecular flexibility index (Phi) is 2.43. The zero-order valence-corrected chi connectivity index (χ0v) is 9.16. The standard InChI is InChI=1S/C11H13BrO/c1-7-10(6-11(7)13)8-2-4-9(12)5-3-8/h2-5,7,10-11,13H,6H2,1H3. The van der Waals surface area contributed by atoms with Crippen LogP contribution in [0, 0.1) is 5.92 Å². The van der Waals surface area contributed by atoms with Crippen LogP contribution in [-0.2, 0) is 0 Å². The van der Waals surface area contributed by atoms with Gasteiger partial charge in [-0.15, -0.1) is 0 Å². The number of hydrogen-bond donors (Lipinski definition) is 1. The number of benzene rings is 1. The summed E-state index contributed by atoms with van der Waals surface area (Å²) < 4.78 is 1.11. The lowest BCUT2D eigenvalue weighted by Crippen LogP contribution is -2.37. The molecule has 2 rings (SSSR count). The number of rotatable bonds is 1. The molecular formula is C11H13BrO. The second-order valence-corrected chi connectivity index (χ2v) is 4.74. The topological polar surface area (TPSA) is 20.2 Å². The second-order valence-electron chi connectivity index (χ2n) is 3.82. The third kappa shape index (κ3) is 1.65. The molecule has 0 amide bonds. The lowest BCUT2D eigenvalue weighted by molar-refractivity contribution is 0.0117. The van der Waals surface area contributed by atoms with Crippen molar-refractivity contribution in [3.05, 3.63) is 34.3 Å². The minimum atomic E-state index is -0.0892. The van der Waals surface area contributed by atoms with Gasteiger partial charge in [0.25, 0.3) is 0 Å². The van der Waals surface area contributed by atoms with Crippen molar-refractivity contribution in [1.29, 1.82) is 0 Å². The van der Waals surface area contributed by atoms with Crippen molar-refractivity contribution in [2.75, 3.05) is 0 Å². The van der Waals surface area contributed by atoms with Gasteiger partial charge in [0.05, 0.1) is 6.10 Å². The summed E-state index contributed by atoms with van der Waals surface area (Å²) in [5.41, 5.74) is 1.35. The highest BCUT2D eigenvalue weighted by Gasteiger charge is 2.36. The summed E-state index contributed by atoms with van der Waals surface area (Å²) in [5, 5.41) is 9.39. The van der Waals surface area contributed by atoms with Crippen molar-refractivity contribution in [2.24, 2.45) is 5.92 Å². The highest BCUT2D eigenvalue weighted by atomic mass is 79.9. The molecular weight excluding hydrogens is 228 g/mol. The molecule has 1 fully saturated rings. The van der Waals surface area contributed by atoms with Gasteiger partial charge in [-0.05, 0) is 36.0 Å². The first-order chi connectivity index (χ1) is 6.18. The Morgan fingerprint density at radius 1 is 1.31 bits per heavy atom. The molecule has 1 aromatic rings. The molecule has 1 aliphatic carbocycles. The largest absolute Gasteiger partial charge is 0.393 e. The van der Waals surface area contributed by atoms with Crippen LogP contribution >= 0.6 is 15.9 Å². The lowest BCUT2D eigenvalue weighted by atomic mass is 9.69. The van der Waals surface area contributed by atoms with Crippen molar-refractivity contribution in [3.8, 4) is 0 Å². The van der Waals surface area contributed by atoms with Crippen LogP contribution in [0.5, 0.6) is 0 Å². The highest BCUT2D eigenvalue weighted by molar-refractivity contribution is 9.10. The molecule has 0 saturated heterocycles. The van der Waals surface area contributed by atoms with E-state index in [1.165, 1.54) is 5.56 Å². The molecule has 3 atom stereocenters. The van der Waals surface area contributed by atoms with Crippen LogP contribution in [0.3, 0.4) is 0 Å². The first kappa shape index (κ1) is 9.22. The van der Waals surface area contributed by atoms with Gasteiger partial charge in [-0.25, -0.2) is 0 Å². The maximum Gasteiger partial charge on any atom is 0.0577 e. The third-order valence-electron chi connectivity index (χ3n) is 3.04. The van der Waals surface area contributed by atoms with E-state index in [4.69, 9.17) is 0 Å². The monoisotopic (exact) mass is 240 g/mol. The Bertz CT molecular complexity index is 293. The quantitative estimate of drug-likeness (QED) is 0.801. The molecule has 3 unspecified atom stereocenters. The van der Waals surface area contributed by atoms with Gasteiger partial charge in [0, 0.05) is 4.47 Å². The van der Waals surface area contributed by atoms with Crippen LogP contribution in [0.2, 0.25) is 0 Å². The van der Waals surface area contributed by atoms with Gasteiger partial charge in [-0.1, -0.05) is 35.0 Å². The Labute approximate surface area is 86.9 Å². The number of hydrogen-bond acceptors (Lipinski definition) is 1. The molecule has 70 valence electrons. The van der Waals surface area contributed by atoms with Gasteiger partial charge in [-0.2, -0.15) is 0 Å². The van der Waals surface area contributed by atoms with Crippen molar-refractivity contribution in [3.63, 3.8) is 0 Å². The van der Waals surface area contributed by atoms with E-state index >= 15 is 0 Å². The smallest absolute Gasteiger partial charge is 0.0577 e. The highest BCUT2D eigenvalue weighted by Crippen LogP contribution is 2.42. The second kappa shape index (κ2) is 3.43. The van der Waals surface area contributed by atoms with Crippen LogP contribution < -0.4 is 0 Å². The van der Waals surface area contributed by atoms with Crippen LogP contribution in [-0.4, -0.2) is 11.2 Å². The van der Waals surface area contributed by atoms with Crippen molar-refractivity contribution < 1.29 is 5.11 Å². The van der Waals surface area contributed by atoms with Gasteiger partial charge in [0.15, 0.2) is 0 Å². The fourth-order valence-electron chi connectivity index (χ4n) is 1.91. The zero-order valence-electron chi connectivity index (χ0n) is 7.57. The van der Waals surface area contributed by atoms with E-state index in [-0.39, 0.29) is 6.10 Å². The molecule has 1 aromatic carbocycles. The van der Waals surface area contributed by atoms with Gasteiger partial charge in [0.2, 0.25) is 0 Å². The van der Waals surface area contributed by atoms with Crippen LogP contribution in [0.25, 0.3) is 0 Å². The molecule has 2 heteroatoms. The fraction of sp³-hybridized carbons (Fsp3) is 0.455. The maximum absolute atomic E-state index is 9.39. The first-order valence-corrected chi connectivity index (χ1v) is 5.41. The summed E-state index contributed by atoms with van der Waals surface area (Å²) >= 11 is 3.41. The fourth-order valence-corrected chi connectivity index (χ4v) is 2.18.